The van der Waals surface area contributed by atoms with Crippen LogP contribution in [0.25, 0.3) is 10.2 Å². The van der Waals surface area contributed by atoms with Crippen LogP contribution in [0.2, 0.25) is 0 Å². The molecule has 6 heteroatoms. The van der Waals surface area contributed by atoms with E-state index >= 15 is 0 Å². The van der Waals surface area contributed by atoms with Gasteiger partial charge in [0.1, 0.15) is 4.83 Å². The molecule has 2 heterocycles. The first-order valence-corrected chi connectivity index (χ1v) is 11.1. The lowest BCUT2D eigenvalue weighted by Crippen LogP contribution is -2.27. The molecule has 0 amide bonds. The number of thioether (sulfide) groups is 1. The largest absolute Gasteiger partial charge is 0.284 e. The molecule has 25 heavy (non-hydrogen) atoms. The van der Waals surface area contributed by atoms with Crippen molar-refractivity contribution in [2.45, 2.75) is 69.5 Å². The molecule has 0 radical (unpaired) electrons. The number of thiophene rings is 1. The third kappa shape index (κ3) is 3.13. The van der Waals surface area contributed by atoms with Crippen molar-refractivity contribution < 1.29 is 0 Å². The summed E-state index contributed by atoms with van der Waals surface area (Å²) in [5.41, 5.74) is 1.45. The van der Waals surface area contributed by atoms with Crippen molar-refractivity contribution in [3.8, 4) is 6.07 Å². The van der Waals surface area contributed by atoms with Crippen LogP contribution in [-0.4, -0.2) is 15.3 Å². The highest BCUT2D eigenvalue weighted by atomic mass is 32.2. The Morgan fingerprint density at radius 2 is 2.08 bits per heavy atom. The summed E-state index contributed by atoms with van der Waals surface area (Å²) in [5, 5.41) is 10.8. The molecule has 0 bridgehead atoms. The minimum absolute atomic E-state index is 0.0360. The highest BCUT2D eigenvalue weighted by Crippen LogP contribution is 2.37. The van der Waals surface area contributed by atoms with Crippen LogP contribution < -0.4 is 5.56 Å². The zero-order chi connectivity index (χ0) is 17.4. The minimum Gasteiger partial charge on any atom is -0.284 e. The maximum Gasteiger partial charge on any atom is 0.263 e. The predicted molar refractivity (Wildman–Crippen MR) is 104 cm³/mol. The van der Waals surface area contributed by atoms with E-state index in [1.54, 1.807) is 23.1 Å². The first-order chi connectivity index (χ1) is 12.2. The molecule has 1 fully saturated rings. The number of hydrogen-bond donors (Lipinski definition) is 0. The van der Waals surface area contributed by atoms with Crippen LogP contribution in [0.3, 0.4) is 0 Å². The number of nitrogens with zero attached hydrogens (tertiary/aromatic N) is 3. The van der Waals surface area contributed by atoms with Crippen molar-refractivity contribution >= 4 is 33.3 Å². The van der Waals surface area contributed by atoms with Gasteiger partial charge in [0.2, 0.25) is 0 Å². The molecule has 4 rings (SSSR count). The van der Waals surface area contributed by atoms with Gasteiger partial charge < -0.3 is 0 Å². The molecule has 0 unspecified atom stereocenters. The average Bonchev–Trinajstić information content (AvgIpc) is 3.26. The summed E-state index contributed by atoms with van der Waals surface area (Å²) < 4.78 is 1.98. The first-order valence-electron chi connectivity index (χ1n) is 9.28. The van der Waals surface area contributed by atoms with Gasteiger partial charge in [-0.2, -0.15) is 5.26 Å². The quantitative estimate of drug-likeness (QED) is 0.575. The number of fused-ring (bicyclic) bond motifs is 3. The SMILES string of the molecule is C[C@@H](C#N)CSc1nc2sc3c(c2c(=O)n1C1CCCC1)CCCC3. The van der Waals surface area contributed by atoms with E-state index in [9.17, 15) is 4.79 Å². The number of rotatable bonds is 4. The second-order valence-corrected chi connectivity index (χ2v) is 9.31. The Hall–Kier alpha value is -1.32. The van der Waals surface area contributed by atoms with Gasteiger partial charge in [0.25, 0.3) is 5.56 Å². The monoisotopic (exact) mass is 373 g/mol. The van der Waals surface area contributed by atoms with Crippen LogP contribution >= 0.6 is 23.1 Å². The zero-order valence-electron chi connectivity index (χ0n) is 14.6. The van der Waals surface area contributed by atoms with Gasteiger partial charge >= 0.3 is 0 Å². The van der Waals surface area contributed by atoms with Crippen LogP contribution in [0.15, 0.2) is 9.95 Å². The maximum absolute atomic E-state index is 13.4. The van der Waals surface area contributed by atoms with E-state index in [1.807, 2.05) is 11.5 Å². The normalized spacial score (nSPS) is 19.0. The van der Waals surface area contributed by atoms with Crippen molar-refractivity contribution in [3.05, 3.63) is 20.8 Å². The third-order valence-electron chi connectivity index (χ3n) is 5.36. The van der Waals surface area contributed by atoms with Gasteiger partial charge in [-0.05, 0) is 51.0 Å². The number of hydrogen-bond acceptors (Lipinski definition) is 5. The Morgan fingerprint density at radius 1 is 1.32 bits per heavy atom. The lowest BCUT2D eigenvalue weighted by atomic mass is 9.97. The highest BCUT2D eigenvalue weighted by molar-refractivity contribution is 7.99. The van der Waals surface area contributed by atoms with Crippen LogP contribution in [0, 0.1) is 17.2 Å². The number of aromatic nitrogens is 2. The highest BCUT2D eigenvalue weighted by Gasteiger charge is 2.27. The molecule has 0 aliphatic heterocycles. The summed E-state index contributed by atoms with van der Waals surface area (Å²) in [5.74, 6) is 0.651. The Morgan fingerprint density at radius 3 is 2.84 bits per heavy atom. The molecular weight excluding hydrogens is 350 g/mol. The average molecular weight is 374 g/mol. The van der Waals surface area contributed by atoms with Gasteiger partial charge in [0.15, 0.2) is 5.16 Å². The summed E-state index contributed by atoms with van der Waals surface area (Å²) in [7, 11) is 0. The summed E-state index contributed by atoms with van der Waals surface area (Å²) in [6.45, 7) is 1.92. The van der Waals surface area contributed by atoms with Crippen molar-refractivity contribution in [2.24, 2.45) is 5.92 Å². The zero-order valence-corrected chi connectivity index (χ0v) is 16.2. The van der Waals surface area contributed by atoms with Crippen molar-refractivity contribution in [3.63, 3.8) is 0 Å². The Balaban J connectivity index is 1.85. The Labute approximate surface area is 156 Å². The van der Waals surface area contributed by atoms with Gasteiger partial charge in [0, 0.05) is 16.7 Å². The van der Waals surface area contributed by atoms with Crippen LogP contribution in [0.5, 0.6) is 0 Å². The van der Waals surface area contributed by atoms with Gasteiger partial charge in [-0.3, -0.25) is 9.36 Å². The van der Waals surface area contributed by atoms with Gasteiger partial charge in [0.05, 0.1) is 17.4 Å². The van der Waals surface area contributed by atoms with E-state index in [1.165, 1.54) is 36.1 Å². The van der Waals surface area contributed by atoms with E-state index in [0.29, 0.717) is 5.75 Å². The smallest absolute Gasteiger partial charge is 0.263 e. The fourth-order valence-electron chi connectivity index (χ4n) is 4.02. The van der Waals surface area contributed by atoms with Crippen LogP contribution in [-0.2, 0) is 12.8 Å². The molecule has 4 nitrogen and oxygen atoms in total. The van der Waals surface area contributed by atoms with Crippen molar-refractivity contribution in [2.75, 3.05) is 5.75 Å². The molecule has 2 aliphatic carbocycles. The van der Waals surface area contributed by atoms with Gasteiger partial charge in [-0.1, -0.05) is 24.6 Å². The summed E-state index contributed by atoms with van der Waals surface area (Å²) in [4.78, 5) is 20.6. The third-order valence-corrected chi connectivity index (χ3v) is 7.76. The molecule has 0 N–H and O–H groups in total. The summed E-state index contributed by atoms with van der Waals surface area (Å²) in [6, 6.07) is 2.56. The number of aryl methyl sites for hydroxylation is 2. The van der Waals surface area contributed by atoms with Gasteiger partial charge in [-0.25, -0.2) is 4.98 Å². The molecular formula is C19H23N3OS2. The fraction of sp³-hybridized carbons (Fsp3) is 0.632. The van der Waals surface area contributed by atoms with Crippen molar-refractivity contribution in [1.82, 2.24) is 9.55 Å². The molecule has 0 aromatic carbocycles. The van der Waals surface area contributed by atoms with E-state index in [0.717, 1.165) is 41.1 Å². The lowest BCUT2D eigenvalue weighted by molar-refractivity contribution is 0.457. The van der Waals surface area contributed by atoms with Crippen molar-refractivity contribution in [1.29, 1.82) is 5.26 Å². The lowest BCUT2D eigenvalue weighted by Gasteiger charge is -2.18. The molecule has 2 aliphatic rings. The van der Waals surface area contributed by atoms with E-state index in [-0.39, 0.29) is 17.5 Å². The Kier molecular flexibility index (Phi) is 4.88. The molecule has 0 saturated heterocycles. The second kappa shape index (κ2) is 7.13. The van der Waals surface area contributed by atoms with E-state index in [2.05, 4.69) is 6.07 Å². The summed E-state index contributed by atoms with van der Waals surface area (Å²) in [6.07, 6.45) is 9.03. The molecule has 2 aromatic rings. The maximum atomic E-state index is 13.4. The van der Waals surface area contributed by atoms with E-state index < -0.39 is 0 Å². The topological polar surface area (TPSA) is 58.7 Å². The molecule has 2 aromatic heterocycles. The summed E-state index contributed by atoms with van der Waals surface area (Å²) >= 11 is 3.29. The first kappa shape index (κ1) is 17.1. The fourth-order valence-corrected chi connectivity index (χ4v) is 6.33. The van der Waals surface area contributed by atoms with Crippen LogP contribution in [0.1, 0.15) is 61.9 Å². The molecule has 1 atom stereocenters. The molecule has 1 saturated carbocycles. The van der Waals surface area contributed by atoms with Crippen LogP contribution in [0.4, 0.5) is 0 Å². The molecule has 132 valence electrons. The van der Waals surface area contributed by atoms with E-state index in [4.69, 9.17) is 10.2 Å². The van der Waals surface area contributed by atoms with Gasteiger partial charge in [-0.15, -0.1) is 11.3 Å². The predicted octanol–water partition coefficient (Wildman–Crippen LogP) is 4.70. The second-order valence-electron chi connectivity index (χ2n) is 7.24. The Bertz CT molecular complexity index is 887. The minimum atomic E-state index is -0.0360. The standard InChI is InChI=1S/C19H23N3OS2/c1-12(10-20)11-24-19-21-17-16(14-8-4-5-9-15(14)25-17)18(23)22(19)13-6-2-3-7-13/h12-13H,2-9,11H2,1H3/t12-/m0/s1. The molecule has 0 spiro atoms. The number of nitriles is 1.